The van der Waals surface area contributed by atoms with Gasteiger partial charge in [-0.1, -0.05) is 0 Å². The molecule has 0 aliphatic rings. The molecule has 2 N–H and O–H groups in total. The Kier molecular flexibility index (Phi) is 3.60. The highest BCUT2D eigenvalue weighted by atomic mass is 16.4. The molecule has 0 bridgehead atoms. The van der Waals surface area contributed by atoms with E-state index in [0.717, 1.165) is 0 Å². The van der Waals surface area contributed by atoms with Gasteiger partial charge in [-0.3, -0.25) is 14.6 Å². The Labute approximate surface area is 113 Å². The van der Waals surface area contributed by atoms with Gasteiger partial charge in [-0.05, 0) is 12.1 Å². The summed E-state index contributed by atoms with van der Waals surface area (Å²) in [4.78, 5) is 37.9. The molecule has 0 aromatic carbocycles. The number of aromatic nitrogens is 2. The molecule has 20 heavy (non-hydrogen) atoms. The molecule has 0 atom stereocenters. The molecule has 2 rings (SSSR count). The molecule has 0 spiro atoms. The predicted molar refractivity (Wildman–Crippen MR) is 70.8 cm³/mol. The highest BCUT2D eigenvalue weighted by molar-refractivity contribution is 6.04. The van der Waals surface area contributed by atoms with Crippen molar-refractivity contribution in [2.45, 2.75) is 0 Å². The van der Waals surface area contributed by atoms with Gasteiger partial charge >= 0.3 is 5.97 Å². The van der Waals surface area contributed by atoms with Crippen LogP contribution >= 0.6 is 0 Å². The van der Waals surface area contributed by atoms with Crippen molar-refractivity contribution in [3.63, 3.8) is 0 Å². The van der Waals surface area contributed by atoms with Crippen LogP contribution in [0.25, 0.3) is 0 Å². The van der Waals surface area contributed by atoms with E-state index < -0.39 is 11.9 Å². The van der Waals surface area contributed by atoms with Crippen LogP contribution in [0.2, 0.25) is 0 Å². The zero-order chi connectivity index (χ0) is 14.7. The number of anilines is 1. The van der Waals surface area contributed by atoms with E-state index in [-0.39, 0.29) is 22.4 Å². The van der Waals surface area contributed by atoms with Gasteiger partial charge in [-0.25, -0.2) is 4.79 Å². The van der Waals surface area contributed by atoms with Crippen LogP contribution < -0.4 is 10.9 Å². The number of pyridine rings is 2. The lowest BCUT2D eigenvalue weighted by Crippen LogP contribution is -2.20. The number of carboxylic acids is 1. The third-order valence-electron chi connectivity index (χ3n) is 2.61. The highest BCUT2D eigenvalue weighted by Gasteiger charge is 2.09. The molecule has 2 aromatic heterocycles. The number of carbonyl (C=O) groups excluding carboxylic acids is 1. The second kappa shape index (κ2) is 5.35. The summed E-state index contributed by atoms with van der Waals surface area (Å²) in [6.07, 6.45) is 3.98. The summed E-state index contributed by atoms with van der Waals surface area (Å²) in [5.41, 5.74) is 0.0891. The average molecular weight is 273 g/mol. The predicted octanol–water partition coefficient (Wildman–Crippen LogP) is 0.731. The topological polar surface area (TPSA) is 101 Å². The molecule has 102 valence electrons. The maximum Gasteiger partial charge on any atom is 0.337 e. The minimum Gasteiger partial charge on any atom is -0.478 e. The molecule has 0 aliphatic heterocycles. The molecular formula is C13H11N3O4. The van der Waals surface area contributed by atoms with Crippen LogP contribution in [-0.2, 0) is 7.05 Å². The van der Waals surface area contributed by atoms with E-state index in [2.05, 4.69) is 10.3 Å². The molecule has 0 fully saturated rings. The number of rotatable bonds is 3. The van der Waals surface area contributed by atoms with Gasteiger partial charge in [0.25, 0.3) is 11.5 Å². The van der Waals surface area contributed by atoms with Gasteiger partial charge in [-0.15, -0.1) is 0 Å². The Bertz CT molecular complexity index is 736. The molecule has 0 aliphatic carbocycles. The average Bonchev–Trinajstić information content (AvgIpc) is 2.42. The van der Waals surface area contributed by atoms with Crippen LogP contribution in [0, 0.1) is 0 Å². The number of carboxylic acid groups (broad SMARTS) is 1. The molecule has 1 amide bonds. The molecular weight excluding hydrogens is 262 g/mol. The minimum absolute atomic E-state index is 0.0354. The summed E-state index contributed by atoms with van der Waals surface area (Å²) in [6.45, 7) is 0. The molecule has 7 heteroatoms. The molecule has 0 saturated heterocycles. The number of aryl methyl sites for hydroxylation is 1. The van der Waals surface area contributed by atoms with Crippen LogP contribution in [0.15, 0.2) is 41.6 Å². The highest BCUT2D eigenvalue weighted by Crippen LogP contribution is 2.10. The maximum atomic E-state index is 11.9. The van der Waals surface area contributed by atoms with Crippen molar-refractivity contribution in [2.24, 2.45) is 7.05 Å². The second-order valence-electron chi connectivity index (χ2n) is 4.09. The standard InChI is InChI=1S/C13H11N3O4/c1-16-3-2-8(5-11(16)17)12(18)15-10-4-9(13(19)20)6-14-7-10/h2-7H,1H3,(H,15,18)(H,19,20). The summed E-state index contributed by atoms with van der Waals surface area (Å²) in [5.74, 6) is -1.64. The Morgan fingerprint density at radius 3 is 2.65 bits per heavy atom. The van der Waals surface area contributed by atoms with Crippen LogP contribution in [-0.4, -0.2) is 26.5 Å². The zero-order valence-electron chi connectivity index (χ0n) is 10.5. The summed E-state index contributed by atoms with van der Waals surface area (Å²) in [7, 11) is 1.57. The molecule has 0 unspecified atom stereocenters. The second-order valence-corrected chi connectivity index (χ2v) is 4.09. The van der Waals surface area contributed by atoms with Crippen molar-refractivity contribution >= 4 is 17.6 Å². The number of hydrogen-bond donors (Lipinski definition) is 2. The fourth-order valence-electron chi connectivity index (χ4n) is 1.52. The fraction of sp³-hybridized carbons (Fsp3) is 0.0769. The van der Waals surface area contributed by atoms with Crippen molar-refractivity contribution in [2.75, 3.05) is 5.32 Å². The summed E-state index contributed by atoms with van der Waals surface area (Å²) < 4.78 is 1.34. The number of nitrogens with zero attached hydrogens (tertiary/aromatic N) is 2. The number of hydrogen-bond acceptors (Lipinski definition) is 4. The van der Waals surface area contributed by atoms with E-state index in [0.29, 0.717) is 0 Å². The first-order chi connectivity index (χ1) is 9.47. The first-order valence-electron chi connectivity index (χ1n) is 5.64. The van der Waals surface area contributed by atoms with E-state index in [1.165, 1.54) is 41.4 Å². The monoisotopic (exact) mass is 273 g/mol. The first kappa shape index (κ1) is 13.5. The van der Waals surface area contributed by atoms with Gasteiger partial charge in [-0.2, -0.15) is 0 Å². The number of carbonyl (C=O) groups is 2. The summed E-state index contributed by atoms with van der Waals surface area (Å²) in [6, 6.07) is 3.98. The summed E-state index contributed by atoms with van der Waals surface area (Å²) >= 11 is 0. The van der Waals surface area contributed by atoms with Crippen molar-refractivity contribution in [3.8, 4) is 0 Å². The Morgan fingerprint density at radius 2 is 2.00 bits per heavy atom. The van der Waals surface area contributed by atoms with Gasteiger partial charge in [0.2, 0.25) is 0 Å². The summed E-state index contributed by atoms with van der Waals surface area (Å²) in [5, 5.41) is 11.3. The quantitative estimate of drug-likeness (QED) is 0.858. The smallest absolute Gasteiger partial charge is 0.337 e. The molecule has 7 nitrogen and oxygen atoms in total. The van der Waals surface area contributed by atoms with Gasteiger partial charge in [0.1, 0.15) is 0 Å². The van der Waals surface area contributed by atoms with E-state index in [9.17, 15) is 14.4 Å². The Balaban J connectivity index is 2.23. The molecule has 2 heterocycles. The fourth-order valence-corrected chi connectivity index (χ4v) is 1.52. The van der Waals surface area contributed by atoms with E-state index in [4.69, 9.17) is 5.11 Å². The van der Waals surface area contributed by atoms with Gasteiger partial charge in [0, 0.05) is 31.1 Å². The Hall–Kier alpha value is -2.96. The van der Waals surface area contributed by atoms with Crippen molar-refractivity contribution in [1.29, 1.82) is 0 Å². The first-order valence-corrected chi connectivity index (χ1v) is 5.64. The number of amides is 1. The lowest BCUT2D eigenvalue weighted by atomic mass is 10.2. The minimum atomic E-state index is -1.14. The van der Waals surface area contributed by atoms with E-state index >= 15 is 0 Å². The van der Waals surface area contributed by atoms with Gasteiger partial charge < -0.3 is 15.0 Å². The van der Waals surface area contributed by atoms with Crippen LogP contribution in [0.5, 0.6) is 0 Å². The van der Waals surface area contributed by atoms with Crippen molar-refractivity contribution in [1.82, 2.24) is 9.55 Å². The number of nitrogens with one attached hydrogen (secondary N) is 1. The largest absolute Gasteiger partial charge is 0.478 e. The SMILES string of the molecule is Cn1ccc(C(=O)Nc2cncc(C(=O)O)c2)cc1=O. The number of aromatic carboxylic acids is 1. The normalized spacial score (nSPS) is 10.1. The molecule has 2 aromatic rings. The van der Waals surface area contributed by atoms with Crippen LogP contribution in [0.1, 0.15) is 20.7 Å². The van der Waals surface area contributed by atoms with Gasteiger partial charge in [0.15, 0.2) is 0 Å². The Morgan fingerprint density at radius 1 is 1.25 bits per heavy atom. The van der Waals surface area contributed by atoms with E-state index in [1.807, 2.05) is 0 Å². The molecule has 0 saturated carbocycles. The maximum absolute atomic E-state index is 11.9. The lowest BCUT2D eigenvalue weighted by Gasteiger charge is -2.06. The third kappa shape index (κ3) is 2.89. The third-order valence-corrected chi connectivity index (χ3v) is 2.61. The molecule has 0 radical (unpaired) electrons. The van der Waals surface area contributed by atoms with Crippen LogP contribution in [0.4, 0.5) is 5.69 Å². The van der Waals surface area contributed by atoms with Crippen LogP contribution in [0.3, 0.4) is 0 Å². The van der Waals surface area contributed by atoms with Gasteiger partial charge in [0.05, 0.1) is 17.4 Å². The van der Waals surface area contributed by atoms with Crippen molar-refractivity contribution in [3.05, 3.63) is 58.3 Å². The van der Waals surface area contributed by atoms with E-state index in [1.54, 1.807) is 7.05 Å². The zero-order valence-corrected chi connectivity index (χ0v) is 10.5. The van der Waals surface area contributed by atoms with Crippen molar-refractivity contribution < 1.29 is 14.7 Å². The lowest BCUT2D eigenvalue weighted by molar-refractivity contribution is 0.0696.